The van der Waals surface area contributed by atoms with Crippen molar-refractivity contribution in [2.75, 3.05) is 13.1 Å². The summed E-state index contributed by atoms with van der Waals surface area (Å²) in [6.07, 6.45) is -4.08. The van der Waals surface area contributed by atoms with E-state index in [1.165, 1.54) is 0 Å². The summed E-state index contributed by atoms with van der Waals surface area (Å²) in [6, 6.07) is 0. The number of aliphatic carboxylic acids is 2. The Morgan fingerprint density at radius 3 is 1.95 bits per heavy atom. The van der Waals surface area contributed by atoms with Crippen LogP contribution in [0.2, 0.25) is 0 Å². The van der Waals surface area contributed by atoms with E-state index in [2.05, 4.69) is 5.73 Å². The number of carbonyl (C=O) groups is 3. The van der Waals surface area contributed by atoms with E-state index in [9.17, 15) is 22.8 Å². The van der Waals surface area contributed by atoms with Gasteiger partial charge in [-0.3, -0.25) is 14.8 Å². The standard InChI is InChI=1S/C8H16N2O4.C2HF3O2/c9-5-1-2-6-10(14)7(11)3-4-8(12)13;3-2(4,5)1(6)7/h14H,1-6,9H2,(H,12,13);(H,6,7). The van der Waals surface area contributed by atoms with Crippen LogP contribution in [0.25, 0.3) is 0 Å². The van der Waals surface area contributed by atoms with Crippen LogP contribution >= 0.6 is 0 Å². The number of quaternary nitrogens is 1. The molecule has 0 fully saturated rings. The van der Waals surface area contributed by atoms with Gasteiger partial charge in [0.15, 0.2) is 0 Å². The third-order valence-corrected chi connectivity index (χ3v) is 1.94. The first-order valence-electron chi connectivity index (χ1n) is 5.80. The van der Waals surface area contributed by atoms with Crippen LogP contribution in [0.15, 0.2) is 0 Å². The average molecular weight is 318 g/mol. The lowest BCUT2D eigenvalue weighted by Crippen LogP contribution is -2.50. The van der Waals surface area contributed by atoms with Gasteiger partial charge in [0.1, 0.15) is 5.97 Å². The van der Waals surface area contributed by atoms with Gasteiger partial charge in [0.2, 0.25) is 5.91 Å². The van der Waals surface area contributed by atoms with Gasteiger partial charge in [-0.05, 0) is 12.8 Å². The Balaban J connectivity index is 0. The number of nitrogens with zero attached hydrogens (tertiary/aromatic N) is 1. The number of carbonyl (C=O) groups excluding carboxylic acids is 2. The van der Waals surface area contributed by atoms with Gasteiger partial charge in [-0.25, -0.2) is 5.06 Å². The molecule has 5 N–H and O–H groups in total. The molecule has 0 aliphatic carbocycles. The van der Waals surface area contributed by atoms with E-state index in [0.717, 1.165) is 13.0 Å². The highest BCUT2D eigenvalue weighted by molar-refractivity contribution is 5.79. The molecule has 8 nitrogen and oxygen atoms in total. The van der Waals surface area contributed by atoms with Crippen LogP contribution in [0.3, 0.4) is 0 Å². The van der Waals surface area contributed by atoms with Crippen molar-refractivity contribution in [3.63, 3.8) is 0 Å². The van der Waals surface area contributed by atoms with Crippen LogP contribution < -0.4 is 10.8 Å². The van der Waals surface area contributed by atoms with E-state index in [0.29, 0.717) is 11.5 Å². The summed E-state index contributed by atoms with van der Waals surface area (Å²) < 4.78 is 31.5. The quantitative estimate of drug-likeness (QED) is 0.292. The highest BCUT2D eigenvalue weighted by Crippen LogP contribution is 2.11. The summed E-state index contributed by atoms with van der Waals surface area (Å²) in [4.78, 5) is 29.9. The third kappa shape index (κ3) is 14.3. The molecule has 0 aromatic rings. The summed E-state index contributed by atoms with van der Waals surface area (Å²) in [5.41, 5.74) is 3.62. The molecule has 0 unspecified atom stereocenters. The molecule has 21 heavy (non-hydrogen) atoms. The molecule has 0 aromatic carbocycles. The molecule has 124 valence electrons. The SMILES string of the molecule is O=C([O-])C(F)(F)F.[NH3+]CCCCN(O)C(=O)CCC(=O)O. The van der Waals surface area contributed by atoms with E-state index in [1.807, 2.05) is 0 Å². The van der Waals surface area contributed by atoms with Gasteiger partial charge in [0, 0.05) is 13.0 Å². The summed E-state index contributed by atoms with van der Waals surface area (Å²) in [5, 5.41) is 26.8. The summed E-state index contributed by atoms with van der Waals surface area (Å²) in [7, 11) is 0. The van der Waals surface area contributed by atoms with Crippen LogP contribution in [-0.2, 0) is 14.4 Å². The van der Waals surface area contributed by atoms with E-state index < -0.39 is 24.0 Å². The molecule has 0 saturated heterocycles. The zero-order chi connectivity index (χ0) is 17.1. The van der Waals surface area contributed by atoms with E-state index >= 15 is 0 Å². The molecule has 0 rings (SSSR count). The number of unbranched alkanes of at least 4 members (excludes halogenated alkanes) is 1. The summed E-state index contributed by atoms with van der Waals surface area (Å²) in [6.45, 7) is 1.01. The minimum Gasteiger partial charge on any atom is -0.542 e. The van der Waals surface area contributed by atoms with Gasteiger partial charge in [-0.1, -0.05) is 0 Å². The minimum atomic E-state index is -5.19. The molecule has 0 radical (unpaired) electrons. The van der Waals surface area contributed by atoms with Crippen molar-refractivity contribution in [1.29, 1.82) is 0 Å². The fourth-order valence-corrected chi connectivity index (χ4v) is 0.906. The van der Waals surface area contributed by atoms with Crippen molar-refractivity contribution in [3.05, 3.63) is 0 Å². The van der Waals surface area contributed by atoms with Crippen molar-refractivity contribution in [2.45, 2.75) is 31.9 Å². The topological polar surface area (TPSA) is 146 Å². The van der Waals surface area contributed by atoms with Crippen LogP contribution in [-0.4, -0.2) is 52.5 Å². The van der Waals surface area contributed by atoms with E-state index in [4.69, 9.17) is 20.2 Å². The van der Waals surface area contributed by atoms with Crippen LogP contribution in [0.4, 0.5) is 13.2 Å². The Labute approximate surface area is 117 Å². The molecule has 0 aliphatic heterocycles. The maximum Gasteiger partial charge on any atom is 0.430 e. The molecule has 0 heterocycles. The smallest absolute Gasteiger partial charge is 0.430 e. The highest BCUT2D eigenvalue weighted by Gasteiger charge is 2.28. The molecule has 0 atom stereocenters. The first-order valence-corrected chi connectivity index (χ1v) is 5.80. The number of hydrogen-bond donors (Lipinski definition) is 3. The predicted octanol–water partition coefficient (Wildman–Crippen LogP) is -1.61. The second kappa shape index (κ2) is 10.9. The fourth-order valence-electron chi connectivity index (χ4n) is 0.906. The van der Waals surface area contributed by atoms with Crippen molar-refractivity contribution < 1.29 is 48.7 Å². The average Bonchev–Trinajstić information content (AvgIpc) is 2.35. The molecule has 0 spiro atoms. The summed E-state index contributed by atoms with van der Waals surface area (Å²) in [5.74, 6) is -4.59. The molecular weight excluding hydrogens is 301 g/mol. The van der Waals surface area contributed by atoms with Crippen molar-refractivity contribution >= 4 is 17.8 Å². The number of hydrogen-bond acceptors (Lipinski definition) is 5. The number of amides is 1. The third-order valence-electron chi connectivity index (χ3n) is 1.94. The lowest BCUT2D eigenvalue weighted by Gasteiger charge is -2.13. The van der Waals surface area contributed by atoms with E-state index in [1.54, 1.807) is 0 Å². The molecule has 11 heteroatoms. The van der Waals surface area contributed by atoms with Crippen molar-refractivity contribution in [2.24, 2.45) is 0 Å². The van der Waals surface area contributed by atoms with Crippen LogP contribution in [0.1, 0.15) is 25.7 Å². The molecule has 0 aromatic heterocycles. The first-order chi connectivity index (χ1) is 9.52. The largest absolute Gasteiger partial charge is 0.542 e. The fraction of sp³-hybridized carbons (Fsp3) is 0.700. The second-order valence-electron chi connectivity index (χ2n) is 3.76. The molecule has 1 amide bonds. The lowest BCUT2D eigenvalue weighted by molar-refractivity contribution is -0.368. The highest BCUT2D eigenvalue weighted by atomic mass is 19.4. The maximum atomic E-state index is 11.0. The molecular formula is C10H17F3N2O6. The number of hydroxylamine groups is 2. The number of carboxylic acids is 2. The van der Waals surface area contributed by atoms with Crippen molar-refractivity contribution in [1.82, 2.24) is 5.06 Å². The number of rotatable bonds is 7. The normalized spacial score (nSPS) is 10.3. The minimum absolute atomic E-state index is 0.157. The first kappa shape index (κ1) is 21.4. The van der Waals surface area contributed by atoms with Gasteiger partial charge >= 0.3 is 12.1 Å². The Kier molecular flexibility index (Phi) is 11.1. The predicted molar refractivity (Wildman–Crippen MR) is 58.4 cm³/mol. The van der Waals surface area contributed by atoms with Gasteiger partial charge in [-0.15, -0.1) is 0 Å². The number of carboxylic acid groups (broad SMARTS) is 2. The monoisotopic (exact) mass is 318 g/mol. The number of halogens is 3. The Hall–Kier alpha value is -1.88. The zero-order valence-electron chi connectivity index (χ0n) is 11.1. The maximum absolute atomic E-state index is 11.0. The second-order valence-corrected chi connectivity index (χ2v) is 3.76. The Morgan fingerprint density at radius 1 is 1.14 bits per heavy atom. The van der Waals surface area contributed by atoms with Gasteiger partial charge in [-0.2, -0.15) is 13.2 Å². The molecule has 0 saturated carbocycles. The van der Waals surface area contributed by atoms with E-state index in [-0.39, 0.29) is 19.4 Å². The Morgan fingerprint density at radius 2 is 1.62 bits per heavy atom. The summed E-state index contributed by atoms with van der Waals surface area (Å²) >= 11 is 0. The van der Waals surface area contributed by atoms with Gasteiger partial charge < -0.3 is 20.7 Å². The van der Waals surface area contributed by atoms with Gasteiger partial charge in [0.25, 0.3) is 0 Å². The van der Waals surface area contributed by atoms with Crippen LogP contribution in [0.5, 0.6) is 0 Å². The van der Waals surface area contributed by atoms with Gasteiger partial charge in [0.05, 0.1) is 13.0 Å². The molecule has 0 aliphatic rings. The lowest BCUT2D eigenvalue weighted by atomic mass is 10.2. The Bertz CT molecular complexity index is 348. The number of alkyl halides is 3. The zero-order valence-corrected chi connectivity index (χ0v) is 11.1. The van der Waals surface area contributed by atoms with Crippen LogP contribution in [0, 0.1) is 0 Å². The molecule has 0 bridgehead atoms. The van der Waals surface area contributed by atoms with Crippen molar-refractivity contribution in [3.8, 4) is 0 Å².